The van der Waals surface area contributed by atoms with Crippen molar-refractivity contribution in [3.8, 4) is 0 Å². The Kier molecular flexibility index (Phi) is 8.94. The Morgan fingerprint density at radius 3 is 1.29 bits per heavy atom. The van der Waals surface area contributed by atoms with Crippen molar-refractivity contribution in [2.45, 2.75) is 194 Å². The SMILES string of the molecule is Cc1cc2c3c(c1)N(c1ccc(C(C)(C)C)cc1C)c1cc4c(cc1B3c1cc3c(cc1N2c1ccc2c(c1)C(C)(C)CCC2(C)C)C(C)(C)CCC3(C)C)C(C)(C)CCC4(C)C. The second kappa shape index (κ2) is 13.2. The Morgan fingerprint density at radius 1 is 0.413 bits per heavy atom. The number of fused-ring (bicyclic) bond motifs is 7. The second-order valence-corrected chi connectivity index (χ2v) is 26.0. The van der Waals surface area contributed by atoms with E-state index < -0.39 is 0 Å². The number of aryl methyl sites for hydroxylation is 2. The summed E-state index contributed by atoms with van der Waals surface area (Å²) in [5, 5.41) is 0. The van der Waals surface area contributed by atoms with Crippen LogP contribution in [0.5, 0.6) is 0 Å². The molecule has 328 valence electrons. The fraction of sp³-hybridized carbons (Fsp3) is 0.500. The summed E-state index contributed by atoms with van der Waals surface area (Å²) in [6.45, 7) is 41.6. The van der Waals surface area contributed by atoms with E-state index in [1.165, 1.54) is 134 Å². The van der Waals surface area contributed by atoms with Crippen molar-refractivity contribution in [2.75, 3.05) is 9.80 Å². The molecule has 3 heteroatoms. The maximum atomic E-state index is 2.72. The largest absolute Gasteiger partial charge is 0.311 e. The minimum Gasteiger partial charge on any atom is -0.311 e. The van der Waals surface area contributed by atoms with Crippen LogP contribution < -0.4 is 26.2 Å². The number of anilines is 6. The normalized spacial score (nSPS) is 21.4. The second-order valence-electron chi connectivity index (χ2n) is 26.0. The van der Waals surface area contributed by atoms with E-state index in [2.05, 4.69) is 200 Å². The zero-order chi connectivity index (χ0) is 45.4. The third-order valence-electron chi connectivity index (χ3n) is 17.6. The van der Waals surface area contributed by atoms with Crippen LogP contribution in [0, 0.1) is 13.8 Å². The van der Waals surface area contributed by atoms with Gasteiger partial charge < -0.3 is 9.80 Å². The highest BCUT2D eigenvalue weighted by Gasteiger charge is 2.49. The van der Waals surface area contributed by atoms with E-state index in [0.29, 0.717) is 0 Å². The molecule has 3 aliphatic carbocycles. The summed E-state index contributed by atoms with van der Waals surface area (Å²) in [7, 11) is 0. The molecule has 63 heavy (non-hydrogen) atoms. The van der Waals surface area contributed by atoms with Gasteiger partial charge in [0.15, 0.2) is 0 Å². The van der Waals surface area contributed by atoms with Gasteiger partial charge in [0.05, 0.1) is 0 Å². The molecule has 0 radical (unpaired) electrons. The molecule has 0 saturated heterocycles. The van der Waals surface area contributed by atoms with Gasteiger partial charge in [0.2, 0.25) is 0 Å². The Hall–Kier alpha value is -4.24. The molecule has 2 aliphatic heterocycles. The van der Waals surface area contributed by atoms with Crippen molar-refractivity contribution < 1.29 is 0 Å². The molecule has 0 amide bonds. The van der Waals surface area contributed by atoms with E-state index in [1.54, 1.807) is 5.56 Å². The first-order valence-corrected chi connectivity index (χ1v) is 24.5. The average Bonchev–Trinajstić information content (AvgIpc) is 3.19. The van der Waals surface area contributed by atoms with Crippen molar-refractivity contribution in [3.05, 3.63) is 123 Å². The first-order chi connectivity index (χ1) is 29.1. The highest BCUT2D eigenvalue weighted by atomic mass is 15.2. The molecule has 5 aromatic carbocycles. The highest BCUT2D eigenvalue weighted by Crippen LogP contribution is 2.54. The molecule has 10 rings (SSSR count). The van der Waals surface area contributed by atoms with Gasteiger partial charge in [-0.25, -0.2) is 0 Å². The molecular weight excluding hydrogens is 759 g/mol. The Labute approximate surface area is 382 Å². The Morgan fingerprint density at radius 2 is 0.825 bits per heavy atom. The molecule has 0 saturated carbocycles. The fourth-order valence-corrected chi connectivity index (χ4v) is 12.9. The summed E-state index contributed by atoms with van der Waals surface area (Å²) in [6, 6.07) is 30.7. The molecular formula is C60H75BN2. The summed E-state index contributed by atoms with van der Waals surface area (Å²) in [6.07, 6.45) is 7.19. The summed E-state index contributed by atoms with van der Waals surface area (Å²) in [5.41, 5.74) is 26.1. The van der Waals surface area contributed by atoms with Crippen molar-refractivity contribution >= 4 is 57.2 Å². The van der Waals surface area contributed by atoms with Crippen molar-refractivity contribution in [2.24, 2.45) is 0 Å². The van der Waals surface area contributed by atoms with E-state index >= 15 is 0 Å². The fourth-order valence-electron chi connectivity index (χ4n) is 12.9. The summed E-state index contributed by atoms with van der Waals surface area (Å²) in [4.78, 5) is 5.42. The lowest BCUT2D eigenvalue weighted by Gasteiger charge is -2.49. The average molecular weight is 835 g/mol. The van der Waals surface area contributed by atoms with Crippen molar-refractivity contribution in [1.82, 2.24) is 0 Å². The van der Waals surface area contributed by atoms with Gasteiger partial charge in [-0.3, -0.25) is 0 Å². The van der Waals surface area contributed by atoms with Crippen LogP contribution in [0.2, 0.25) is 0 Å². The minimum atomic E-state index is 0.0652. The van der Waals surface area contributed by atoms with Crippen molar-refractivity contribution in [1.29, 1.82) is 0 Å². The van der Waals surface area contributed by atoms with E-state index in [4.69, 9.17) is 0 Å². The number of rotatable bonds is 2. The maximum absolute atomic E-state index is 2.72. The van der Waals surface area contributed by atoms with Crippen LogP contribution >= 0.6 is 0 Å². The molecule has 0 aromatic heterocycles. The van der Waals surface area contributed by atoms with Gasteiger partial charge >= 0.3 is 0 Å². The van der Waals surface area contributed by atoms with Crippen LogP contribution in [0.25, 0.3) is 0 Å². The number of nitrogens with zero attached hydrogens (tertiary/aromatic N) is 2. The van der Waals surface area contributed by atoms with Crippen LogP contribution in [-0.4, -0.2) is 6.71 Å². The Bertz CT molecular complexity index is 2760. The molecule has 0 atom stereocenters. The van der Waals surface area contributed by atoms with Gasteiger partial charge in [-0.2, -0.15) is 0 Å². The van der Waals surface area contributed by atoms with Gasteiger partial charge in [-0.1, -0.05) is 134 Å². The van der Waals surface area contributed by atoms with Crippen LogP contribution in [0.4, 0.5) is 34.1 Å². The van der Waals surface area contributed by atoms with Crippen LogP contribution in [0.15, 0.2) is 72.8 Å². The van der Waals surface area contributed by atoms with Crippen molar-refractivity contribution in [3.63, 3.8) is 0 Å². The topological polar surface area (TPSA) is 6.48 Å². The third kappa shape index (κ3) is 6.31. The Balaban J connectivity index is 1.35. The minimum absolute atomic E-state index is 0.0652. The van der Waals surface area contributed by atoms with E-state index in [0.717, 1.165) is 0 Å². The summed E-state index contributed by atoms with van der Waals surface area (Å²) >= 11 is 0. The molecule has 0 bridgehead atoms. The molecule has 5 aromatic rings. The zero-order valence-electron chi connectivity index (χ0n) is 42.1. The van der Waals surface area contributed by atoms with Crippen LogP contribution in [0.3, 0.4) is 0 Å². The van der Waals surface area contributed by atoms with Gasteiger partial charge in [0.25, 0.3) is 6.71 Å². The first kappa shape index (κ1) is 42.7. The maximum Gasteiger partial charge on any atom is 0.252 e. The van der Waals surface area contributed by atoms with Gasteiger partial charge in [0.1, 0.15) is 0 Å². The predicted molar refractivity (Wildman–Crippen MR) is 274 cm³/mol. The predicted octanol–water partition coefficient (Wildman–Crippen LogP) is 14.7. The lowest BCUT2D eigenvalue weighted by atomic mass is 9.32. The summed E-state index contributed by atoms with van der Waals surface area (Å²) < 4.78 is 0. The first-order valence-electron chi connectivity index (χ1n) is 24.5. The molecule has 0 N–H and O–H groups in total. The molecule has 2 heterocycles. The number of hydrogen-bond donors (Lipinski definition) is 0. The monoisotopic (exact) mass is 835 g/mol. The highest BCUT2D eigenvalue weighted by molar-refractivity contribution is 7.00. The zero-order valence-corrected chi connectivity index (χ0v) is 42.1. The molecule has 2 nitrogen and oxygen atoms in total. The quantitative estimate of drug-likeness (QED) is 0.160. The van der Waals surface area contributed by atoms with Crippen LogP contribution in [0.1, 0.15) is 192 Å². The van der Waals surface area contributed by atoms with Gasteiger partial charge in [-0.15, -0.1) is 0 Å². The lowest BCUT2D eigenvalue weighted by molar-refractivity contribution is 0.332. The van der Waals surface area contributed by atoms with E-state index in [1.807, 2.05) is 0 Å². The lowest BCUT2D eigenvalue weighted by Crippen LogP contribution is -2.62. The molecule has 0 unspecified atom stereocenters. The van der Waals surface area contributed by atoms with E-state index in [-0.39, 0.29) is 44.6 Å². The van der Waals surface area contributed by atoms with Crippen LogP contribution in [-0.2, 0) is 37.9 Å². The molecule has 5 aliphatic rings. The smallest absolute Gasteiger partial charge is 0.252 e. The summed E-state index contributed by atoms with van der Waals surface area (Å²) in [5.74, 6) is 0. The van der Waals surface area contributed by atoms with Gasteiger partial charge in [0, 0.05) is 34.1 Å². The number of benzene rings is 5. The van der Waals surface area contributed by atoms with Gasteiger partial charge in [-0.05, 0) is 199 Å². The third-order valence-corrected chi connectivity index (χ3v) is 17.6. The molecule has 0 fully saturated rings. The standard InChI is InChI=1S/C60H75BN2/c1-36-28-51-53-52(29-36)63(48-21-18-38(30-37(48)2)54(3,4)5)50-35-45-43(58(12,13)25-27-60(45,16)17)33-47(50)61(53)46-32-42-44(59(14,15)26-24-57(42,10)11)34-49(46)62(51)39-19-20-40-41(31-39)56(8,9)23-22-55(40,6)7/h18-21,28-35H,22-27H2,1-17H3. The number of hydrogen-bond acceptors (Lipinski definition) is 2. The van der Waals surface area contributed by atoms with E-state index in [9.17, 15) is 0 Å². The molecule has 0 spiro atoms.